The number of aryl methyl sites for hydroxylation is 1. The molecule has 0 saturated carbocycles. The first-order chi connectivity index (χ1) is 6.22. The minimum absolute atomic E-state index is 0.622. The van der Waals surface area contributed by atoms with Crippen molar-refractivity contribution in [3.8, 4) is 0 Å². The Bertz CT molecular complexity index is 199. The van der Waals surface area contributed by atoms with Crippen molar-refractivity contribution >= 4 is 23.2 Å². The summed E-state index contributed by atoms with van der Waals surface area (Å²) in [6.45, 7) is 9.92. The van der Waals surface area contributed by atoms with E-state index in [0.717, 1.165) is 5.56 Å². The van der Waals surface area contributed by atoms with Crippen LogP contribution in [-0.4, -0.2) is 0 Å². The number of hydrogen-bond acceptors (Lipinski definition) is 0. The van der Waals surface area contributed by atoms with Crippen molar-refractivity contribution in [1.29, 1.82) is 0 Å². The summed E-state index contributed by atoms with van der Waals surface area (Å²) in [6.07, 6.45) is 0. The van der Waals surface area contributed by atoms with E-state index in [1.54, 1.807) is 6.07 Å². The lowest BCUT2D eigenvalue weighted by Crippen LogP contribution is -1.73. The van der Waals surface area contributed by atoms with Crippen LogP contribution in [0.25, 0.3) is 0 Å². The quantitative estimate of drug-likeness (QED) is 0.553. The van der Waals surface area contributed by atoms with Crippen LogP contribution in [0.2, 0.25) is 10.0 Å². The van der Waals surface area contributed by atoms with E-state index >= 15 is 0 Å². The zero-order chi connectivity index (χ0) is 10.9. The summed E-state index contributed by atoms with van der Waals surface area (Å²) in [4.78, 5) is 0. The van der Waals surface area contributed by atoms with Gasteiger partial charge in [0.1, 0.15) is 0 Å². The first-order valence-corrected chi connectivity index (χ1v) is 5.38. The zero-order valence-corrected chi connectivity index (χ0v) is 10.5. The molecule has 1 rings (SSSR count). The number of hydrogen-bond donors (Lipinski definition) is 0. The van der Waals surface area contributed by atoms with Gasteiger partial charge < -0.3 is 0 Å². The Morgan fingerprint density at radius 2 is 1.38 bits per heavy atom. The van der Waals surface area contributed by atoms with Crippen molar-refractivity contribution in [3.05, 3.63) is 33.8 Å². The molecule has 0 spiro atoms. The Hall–Kier alpha value is -0.200. The summed E-state index contributed by atoms with van der Waals surface area (Å²) in [5, 5.41) is 1.27. The van der Waals surface area contributed by atoms with Crippen molar-refractivity contribution in [2.24, 2.45) is 0 Å². The highest BCUT2D eigenvalue weighted by atomic mass is 35.5. The summed E-state index contributed by atoms with van der Waals surface area (Å²) in [5.74, 6) is 0. The van der Waals surface area contributed by atoms with Crippen LogP contribution in [0.5, 0.6) is 0 Å². The predicted octanol–water partition coefficient (Wildman–Crippen LogP) is 5.35. The first kappa shape index (κ1) is 15.3. The highest BCUT2D eigenvalue weighted by Gasteiger charge is 1.96. The van der Waals surface area contributed by atoms with Gasteiger partial charge in [0.2, 0.25) is 0 Å². The topological polar surface area (TPSA) is 0 Å². The van der Waals surface area contributed by atoms with Crippen LogP contribution in [0, 0.1) is 6.92 Å². The second kappa shape index (κ2) is 9.88. The van der Waals surface area contributed by atoms with Gasteiger partial charge >= 0.3 is 0 Å². The second-order valence-corrected chi connectivity index (χ2v) is 2.66. The maximum Gasteiger partial charge on any atom is 0.0621 e. The molecular weight excluding hydrogens is 203 g/mol. The minimum Gasteiger partial charge on any atom is -0.0827 e. The monoisotopic (exact) mass is 220 g/mol. The van der Waals surface area contributed by atoms with E-state index in [1.807, 2.05) is 46.8 Å². The number of rotatable bonds is 0. The summed E-state index contributed by atoms with van der Waals surface area (Å²) in [6, 6.07) is 5.58. The maximum atomic E-state index is 5.75. The van der Waals surface area contributed by atoms with Gasteiger partial charge in [-0.2, -0.15) is 0 Å². The fraction of sp³-hybridized carbons (Fsp3) is 0.455. The van der Waals surface area contributed by atoms with E-state index in [-0.39, 0.29) is 0 Å². The molecule has 13 heavy (non-hydrogen) atoms. The smallest absolute Gasteiger partial charge is 0.0621 e. The summed E-state index contributed by atoms with van der Waals surface area (Å²) < 4.78 is 0. The van der Waals surface area contributed by atoms with Gasteiger partial charge in [-0.3, -0.25) is 0 Å². The average Bonchev–Trinajstić information content (AvgIpc) is 2.20. The molecule has 0 aliphatic rings. The van der Waals surface area contributed by atoms with Crippen LogP contribution in [0.4, 0.5) is 0 Å². The molecule has 0 fully saturated rings. The van der Waals surface area contributed by atoms with Crippen LogP contribution in [-0.2, 0) is 0 Å². The van der Waals surface area contributed by atoms with Gasteiger partial charge in [0.05, 0.1) is 10.0 Å². The van der Waals surface area contributed by atoms with Crippen molar-refractivity contribution in [1.82, 2.24) is 0 Å². The SMILES string of the molecule is CC.CC.Cc1cccc(Cl)c1Cl. The molecule has 2 heteroatoms. The van der Waals surface area contributed by atoms with Gasteiger partial charge in [0.25, 0.3) is 0 Å². The third kappa shape index (κ3) is 5.95. The lowest BCUT2D eigenvalue weighted by Gasteiger charge is -1.96. The third-order valence-electron chi connectivity index (χ3n) is 1.14. The van der Waals surface area contributed by atoms with Crippen LogP contribution in [0.3, 0.4) is 0 Å². The summed E-state index contributed by atoms with van der Waals surface area (Å²) in [7, 11) is 0. The van der Waals surface area contributed by atoms with E-state index in [9.17, 15) is 0 Å². The molecule has 0 amide bonds. The highest BCUT2D eigenvalue weighted by molar-refractivity contribution is 6.42. The van der Waals surface area contributed by atoms with Crippen LogP contribution < -0.4 is 0 Å². The molecule has 0 aliphatic carbocycles. The van der Waals surface area contributed by atoms with Crippen molar-refractivity contribution in [2.75, 3.05) is 0 Å². The molecule has 1 aromatic rings. The normalized spacial score (nSPS) is 7.62. The van der Waals surface area contributed by atoms with Gasteiger partial charge in [-0.25, -0.2) is 0 Å². The minimum atomic E-state index is 0.622. The zero-order valence-electron chi connectivity index (χ0n) is 8.99. The van der Waals surface area contributed by atoms with E-state index in [2.05, 4.69) is 0 Å². The van der Waals surface area contributed by atoms with E-state index < -0.39 is 0 Å². The molecule has 0 aromatic heterocycles. The molecule has 0 heterocycles. The highest BCUT2D eigenvalue weighted by Crippen LogP contribution is 2.24. The second-order valence-electron chi connectivity index (χ2n) is 1.87. The average molecular weight is 221 g/mol. The molecule has 0 bridgehead atoms. The standard InChI is InChI=1S/C7H6Cl2.2C2H6/c1-5-3-2-4-6(8)7(5)9;2*1-2/h2-4H,1H3;2*1-2H3. The fourth-order valence-corrected chi connectivity index (χ4v) is 0.959. The van der Waals surface area contributed by atoms with Crippen molar-refractivity contribution in [2.45, 2.75) is 34.6 Å². The fourth-order valence-electron chi connectivity index (χ4n) is 0.612. The molecule has 0 unspecified atom stereocenters. The van der Waals surface area contributed by atoms with Gasteiger partial charge in [0, 0.05) is 0 Å². The van der Waals surface area contributed by atoms with E-state index in [0.29, 0.717) is 10.0 Å². The Morgan fingerprint density at radius 1 is 0.923 bits per heavy atom. The van der Waals surface area contributed by atoms with Gasteiger partial charge in [-0.1, -0.05) is 63.0 Å². The Labute approximate surface area is 91.9 Å². The van der Waals surface area contributed by atoms with Crippen molar-refractivity contribution in [3.63, 3.8) is 0 Å². The van der Waals surface area contributed by atoms with E-state index in [4.69, 9.17) is 23.2 Å². The Morgan fingerprint density at radius 3 is 1.69 bits per heavy atom. The summed E-state index contributed by atoms with van der Waals surface area (Å²) in [5.41, 5.74) is 1.02. The molecular formula is C11H18Cl2. The van der Waals surface area contributed by atoms with Crippen LogP contribution in [0.15, 0.2) is 18.2 Å². The lowest BCUT2D eigenvalue weighted by molar-refractivity contribution is 1.47. The molecule has 0 aliphatic heterocycles. The van der Waals surface area contributed by atoms with Crippen molar-refractivity contribution < 1.29 is 0 Å². The molecule has 0 radical (unpaired) electrons. The largest absolute Gasteiger partial charge is 0.0827 e. The maximum absolute atomic E-state index is 5.75. The van der Waals surface area contributed by atoms with Crippen LogP contribution in [0.1, 0.15) is 33.3 Å². The third-order valence-corrected chi connectivity index (χ3v) is 2.06. The molecule has 0 saturated heterocycles. The predicted molar refractivity (Wildman–Crippen MR) is 63.9 cm³/mol. The molecule has 0 N–H and O–H groups in total. The lowest BCUT2D eigenvalue weighted by atomic mass is 10.2. The van der Waals surface area contributed by atoms with Gasteiger partial charge in [-0.15, -0.1) is 0 Å². The van der Waals surface area contributed by atoms with Gasteiger partial charge in [0.15, 0.2) is 0 Å². The van der Waals surface area contributed by atoms with Gasteiger partial charge in [-0.05, 0) is 18.6 Å². The first-order valence-electron chi connectivity index (χ1n) is 4.62. The summed E-state index contributed by atoms with van der Waals surface area (Å²) >= 11 is 11.4. The molecule has 1 aromatic carbocycles. The molecule has 0 nitrogen and oxygen atoms in total. The molecule has 0 atom stereocenters. The Kier molecular flexibility index (Phi) is 11.6. The molecule has 76 valence electrons. The number of halogens is 2. The Balaban J connectivity index is 0. The van der Waals surface area contributed by atoms with Crippen LogP contribution >= 0.6 is 23.2 Å². The van der Waals surface area contributed by atoms with E-state index in [1.165, 1.54) is 0 Å². The number of benzene rings is 1.